The molecule has 0 bridgehead atoms. The summed E-state index contributed by atoms with van der Waals surface area (Å²) in [6.07, 6.45) is 0.436. The first-order chi connectivity index (χ1) is 10.1. The molecule has 1 atom stereocenters. The van der Waals surface area contributed by atoms with Gasteiger partial charge in [0.2, 0.25) is 5.91 Å². The van der Waals surface area contributed by atoms with Gasteiger partial charge in [0.25, 0.3) is 0 Å². The Hall–Kier alpha value is -1.65. The molecule has 0 unspecified atom stereocenters. The SMILES string of the molecule is Cc1cccc(CC(=O)NC[C@@H](c2ccsc2)N(C)C)c1. The first-order valence-corrected chi connectivity index (χ1v) is 8.01. The second kappa shape index (κ2) is 7.38. The monoisotopic (exact) mass is 302 g/mol. The molecule has 0 spiro atoms. The van der Waals surface area contributed by atoms with Crippen molar-refractivity contribution < 1.29 is 4.79 Å². The van der Waals surface area contributed by atoms with E-state index in [1.807, 2.05) is 39.2 Å². The van der Waals surface area contributed by atoms with Crippen molar-refractivity contribution in [2.45, 2.75) is 19.4 Å². The topological polar surface area (TPSA) is 32.3 Å². The summed E-state index contributed by atoms with van der Waals surface area (Å²) in [4.78, 5) is 14.2. The lowest BCUT2D eigenvalue weighted by Crippen LogP contribution is -2.35. The van der Waals surface area contributed by atoms with Gasteiger partial charge in [0, 0.05) is 6.54 Å². The van der Waals surface area contributed by atoms with E-state index >= 15 is 0 Å². The quantitative estimate of drug-likeness (QED) is 0.889. The molecule has 21 heavy (non-hydrogen) atoms. The fourth-order valence-electron chi connectivity index (χ4n) is 2.34. The van der Waals surface area contributed by atoms with Gasteiger partial charge >= 0.3 is 0 Å². The Bertz CT molecular complexity index is 578. The highest BCUT2D eigenvalue weighted by molar-refractivity contribution is 7.07. The van der Waals surface area contributed by atoms with Crippen molar-refractivity contribution in [2.75, 3.05) is 20.6 Å². The molecule has 0 aliphatic heterocycles. The molecular weight excluding hydrogens is 280 g/mol. The van der Waals surface area contributed by atoms with Crippen molar-refractivity contribution in [2.24, 2.45) is 0 Å². The minimum atomic E-state index is 0.0719. The number of nitrogens with zero attached hydrogens (tertiary/aromatic N) is 1. The van der Waals surface area contributed by atoms with Crippen molar-refractivity contribution in [3.05, 3.63) is 57.8 Å². The van der Waals surface area contributed by atoms with Gasteiger partial charge in [-0.1, -0.05) is 29.8 Å². The van der Waals surface area contributed by atoms with E-state index in [0.29, 0.717) is 13.0 Å². The Kier molecular flexibility index (Phi) is 5.53. The van der Waals surface area contributed by atoms with Gasteiger partial charge in [-0.2, -0.15) is 11.3 Å². The number of nitrogens with one attached hydrogen (secondary N) is 1. The van der Waals surface area contributed by atoms with Gasteiger partial charge in [-0.15, -0.1) is 0 Å². The summed E-state index contributed by atoms with van der Waals surface area (Å²) in [5, 5.41) is 7.25. The van der Waals surface area contributed by atoms with Crippen molar-refractivity contribution >= 4 is 17.2 Å². The summed E-state index contributed by atoms with van der Waals surface area (Å²) in [5.41, 5.74) is 3.50. The zero-order chi connectivity index (χ0) is 15.2. The summed E-state index contributed by atoms with van der Waals surface area (Å²) in [5.74, 6) is 0.0719. The van der Waals surface area contributed by atoms with Gasteiger partial charge in [-0.25, -0.2) is 0 Å². The maximum atomic E-state index is 12.1. The van der Waals surface area contributed by atoms with Crippen molar-refractivity contribution in [3.8, 4) is 0 Å². The number of carbonyl (C=O) groups excluding carboxylic acids is 1. The predicted molar refractivity (Wildman–Crippen MR) is 88.6 cm³/mol. The molecule has 4 heteroatoms. The average Bonchev–Trinajstić information content (AvgIpc) is 2.92. The fraction of sp³-hybridized carbons (Fsp3) is 0.353. The van der Waals surface area contributed by atoms with Crippen LogP contribution in [0.25, 0.3) is 0 Å². The Morgan fingerprint density at radius 1 is 1.33 bits per heavy atom. The lowest BCUT2D eigenvalue weighted by atomic mass is 10.1. The number of likely N-dealkylation sites (N-methyl/N-ethyl adjacent to an activating group) is 1. The van der Waals surface area contributed by atoms with E-state index in [1.54, 1.807) is 11.3 Å². The molecule has 1 aromatic heterocycles. The zero-order valence-corrected chi connectivity index (χ0v) is 13.6. The average molecular weight is 302 g/mol. The summed E-state index contributed by atoms with van der Waals surface area (Å²) >= 11 is 1.68. The molecule has 0 aliphatic rings. The highest BCUT2D eigenvalue weighted by atomic mass is 32.1. The van der Waals surface area contributed by atoms with Crippen molar-refractivity contribution in [1.82, 2.24) is 10.2 Å². The van der Waals surface area contributed by atoms with Crippen LogP contribution in [-0.4, -0.2) is 31.4 Å². The number of carbonyl (C=O) groups is 1. The van der Waals surface area contributed by atoms with Crippen LogP contribution in [-0.2, 0) is 11.2 Å². The van der Waals surface area contributed by atoms with Gasteiger partial charge in [0.05, 0.1) is 12.5 Å². The molecule has 0 radical (unpaired) electrons. The van der Waals surface area contributed by atoms with Crippen LogP contribution < -0.4 is 5.32 Å². The molecule has 1 N–H and O–H groups in total. The standard InChI is InChI=1S/C17H22N2OS/c1-13-5-4-6-14(9-13)10-17(20)18-11-16(19(2)3)15-7-8-21-12-15/h4-9,12,16H,10-11H2,1-3H3,(H,18,20)/t16-/m0/s1. The van der Waals surface area contributed by atoms with Crippen LogP contribution in [0, 0.1) is 6.92 Å². The second-order valence-electron chi connectivity index (χ2n) is 5.51. The summed E-state index contributed by atoms with van der Waals surface area (Å²) < 4.78 is 0. The van der Waals surface area contributed by atoms with Crippen LogP contribution >= 0.6 is 11.3 Å². The van der Waals surface area contributed by atoms with Gasteiger partial charge in [0.1, 0.15) is 0 Å². The molecule has 2 aromatic rings. The third kappa shape index (κ3) is 4.69. The fourth-order valence-corrected chi connectivity index (χ4v) is 3.05. The second-order valence-corrected chi connectivity index (χ2v) is 6.29. The minimum Gasteiger partial charge on any atom is -0.354 e. The number of hydrogen-bond donors (Lipinski definition) is 1. The molecule has 112 valence electrons. The van der Waals surface area contributed by atoms with Crippen LogP contribution in [0.2, 0.25) is 0 Å². The van der Waals surface area contributed by atoms with Gasteiger partial charge < -0.3 is 10.2 Å². The Morgan fingerprint density at radius 3 is 2.76 bits per heavy atom. The van der Waals surface area contributed by atoms with E-state index in [0.717, 1.165) is 5.56 Å². The summed E-state index contributed by atoms with van der Waals surface area (Å²) in [6, 6.07) is 10.4. The summed E-state index contributed by atoms with van der Waals surface area (Å²) in [7, 11) is 4.07. The number of rotatable bonds is 6. The normalized spacial score (nSPS) is 12.4. The van der Waals surface area contributed by atoms with Crippen molar-refractivity contribution in [3.63, 3.8) is 0 Å². The first-order valence-electron chi connectivity index (χ1n) is 7.07. The Morgan fingerprint density at radius 2 is 2.14 bits per heavy atom. The highest BCUT2D eigenvalue weighted by Crippen LogP contribution is 2.20. The summed E-state index contributed by atoms with van der Waals surface area (Å²) in [6.45, 7) is 2.68. The van der Waals surface area contributed by atoms with Crippen LogP contribution in [0.3, 0.4) is 0 Å². The number of amides is 1. The van der Waals surface area contributed by atoms with E-state index < -0.39 is 0 Å². The molecule has 1 aromatic carbocycles. The number of aryl methyl sites for hydroxylation is 1. The molecule has 0 saturated carbocycles. The van der Waals surface area contributed by atoms with E-state index in [4.69, 9.17) is 0 Å². The molecule has 0 saturated heterocycles. The van der Waals surface area contributed by atoms with Crippen LogP contribution in [0.5, 0.6) is 0 Å². The maximum absolute atomic E-state index is 12.1. The molecule has 3 nitrogen and oxygen atoms in total. The van der Waals surface area contributed by atoms with Crippen LogP contribution in [0.1, 0.15) is 22.7 Å². The first kappa shape index (κ1) is 15.7. The van der Waals surface area contributed by atoms with Gasteiger partial charge in [-0.05, 0) is 49.0 Å². The maximum Gasteiger partial charge on any atom is 0.224 e. The lowest BCUT2D eigenvalue weighted by Gasteiger charge is -2.24. The molecule has 1 amide bonds. The highest BCUT2D eigenvalue weighted by Gasteiger charge is 2.15. The van der Waals surface area contributed by atoms with E-state index in [2.05, 4.69) is 33.1 Å². The Balaban J connectivity index is 1.90. The van der Waals surface area contributed by atoms with Gasteiger partial charge in [0.15, 0.2) is 0 Å². The third-order valence-corrected chi connectivity index (χ3v) is 4.19. The van der Waals surface area contributed by atoms with E-state index in [1.165, 1.54) is 11.1 Å². The molecular formula is C17H22N2OS. The molecule has 1 heterocycles. The minimum absolute atomic E-state index is 0.0719. The zero-order valence-electron chi connectivity index (χ0n) is 12.8. The lowest BCUT2D eigenvalue weighted by molar-refractivity contribution is -0.120. The number of hydrogen-bond acceptors (Lipinski definition) is 3. The largest absolute Gasteiger partial charge is 0.354 e. The predicted octanol–water partition coefficient (Wildman–Crippen LogP) is 3.02. The Labute approximate surface area is 130 Å². The van der Waals surface area contributed by atoms with Crippen LogP contribution in [0.4, 0.5) is 0 Å². The number of benzene rings is 1. The van der Waals surface area contributed by atoms with Crippen LogP contribution in [0.15, 0.2) is 41.1 Å². The molecule has 2 rings (SSSR count). The van der Waals surface area contributed by atoms with E-state index in [9.17, 15) is 4.79 Å². The smallest absolute Gasteiger partial charge is 0.224 e. The molecule has 0 aliphatic carbocycles. The van der Waals surface area contributed by atoms with Gasteiger partial charge in [-0.3, -0.25) is 4.79 Å². The van der Waals surface area contributed by atoms with E-state index in [-0.39, 0.29) is 11.9 Å². The number of thiophene rings is 1. The van der Waals surface area contributed by atoms with Crippen molar-refractivity contribution in [1.29, 1.82) is 0 Å². The third-order valence-electron chi connectivity index (χ3n) is 3.49. The molecule has 0 fully saturated rings.